The van der Waals surface area contributed by atoms with Crippen LogP contribution in [0.5, 0.6) is 0 Å². The molecule has 0 amide bonds. The van der Waals surface area contributed by atoms with Crippen LogP contribution in [-0.2, 0) is 23.8 Å². The number of nitrogens with one attached hydrogen (secondary N) is 1. The molecule has 1 atom stereocenters. The van der Waals surface area contributed by atoms with Crippen LogP contribution in [0, 0.1) is 0 Å². The van der Waals surface area contributed by atoms with Crippen LogP contribution < -0.4 is 5.32 Å². The van der Waals surface area contributed by atoms with E-state index in [0.29, 0.717) is 19.6 Å². The van der Waals surface area contributed by atoms with E-state index in [1.54, 1.807) is 19.1 Å². The van der Waals surface area contributed by atoms with Crippen LogP contribution in [-0.4, -0.2) is 40.3 Å². The van der Waals surface area contributed by atoms with Crippen molar-refractivity contribution in [2.24, 2.45) is 0 Å². The number of benzene rings is 1. The van der Waals surface area contributed by atoms with E-state index in [1.807, 2.05) is 18.2 Å². The maximum atomic E-state index is 11.3. The summed E-state index contributed by atoms with van der Waals surface area (Å²) < 4.78 is 32.5. The van der Waals surface area contributed by atoms with Gasteiger partial charge in [0.25, 0.3) is 10.1 Å². The monoisotopic (exact) mass is 315 g/mol. The molecule has 0 bridgehead atoms. The first-order valence-corrected chi connectivity index (χ1v) is 8.53. The zero-order valence-electron chi connectivity index (χ0n) is 12.2. The summed E-state index contributed by atoms with van der Waals surface area (Å²) in [6.07, 6.45) is 0.877. The summed E-state index contributed by atoms with van der Waals surface area (Å²) in [6.45, 7) is 2.61. The van der Waals surface area contributed by atoms with E-state index in [1.165, 1.54) is 0 Å². The average Bonchev–Trinajstić information content (AvgIpc) is 2.42. The minimum Gasteiger partial charge on any atom is -0.465 e. The third kappa shape index (κ3) is 7.79. The van der Waals surface area contributed by atoms with Crippen LogP contribution in [0.1, 0.15) is 25.0 Å². The van der Waals surface area contributed by atoms with Gasteiger partial charge in [0.1, 0.15) is 6.10 Å². The highest BCUT2D eigenvalue weighted by atomic mass is 32.2. The second-order valence-electron chi connectivity index (χ2n) is 4.47. The van der Waals surface area contributed by atoms with Crippen molar-refractivity contribution in [1.29, 1.82) is 0 Å². The van der Waals surface area contributed by atoms with Crippen molar-refractivity contribution in [3.8, 4) is 0 Å². The fraction of sp³-hybridized carbons (Fsp3) is 0.500. The maximum absolute atomic E-state index is 11.3. The van der Waals surface area contributed by atoms with E-state index in [-0.39, 0.29) is 12.5 Å². The largest absolute Gasteiger partial charge is 0.465 e. The van der Waals surface area contributed by atoms with Gasteiger partial charge in [-0.05, 0) is 25.5 Å². The molecule has 0 radical (unpaired) electrons. The van der Waals surface area contributed by atoms with Crippen molar-refractivity contribution < 1.29 is 22.1 Å². The molecule has 0 heterocycles. The van der Waals surface area contributed by atoms with E-state index >= 15 is 0 Å². The summed E-state index contributed by atoms with van der Waals surface area (Å²) in [6, 6.07) is 9.10. The number of carbonyl (C=O) groups is 1. The Balaban J connectivity index is 2.53. The molecule has 1 rings (SSSR count). The number of ether oxygens (including phenoxy) is 1. The van der Waals surface area contributed by atoms with Gasteiger partial charge in [-0.1, -0.05) is 30.3 Å². The SMILES string of the molecule is CCOC(=O)CNCCC(OS(C)(=O)=O)c1ccccc1. The summed E-state index contributed by atoms with van der Waals surface area (Å²) in [5, 5.41) is 2.91. The van der Waals surface area contributed by atoms with Crippen LogP contribution in [0.15, 0.2) is 30.3 Å². The molecule has 0 saturated heterocycles. The molecule has 1 unspecified atom stereocenters. The van der Waals surface area contributed by atoms with Gasteiger partial charge in [0.15, 0.2) is 0 Å². The van der Waals surface area contributed by atoms with Crippen LogP contribution in [0.2, 0.25) is 0 Å². The molecule has 1 N–H and O–H groups in total. The number of hydrogen-bond donors (Lipinski definition) is 1. The lowest BCUT2D eigenvalue weighted by Crippen LogP contribution is -2.27. The first kappa shape index (κ1) is 17.6. The van der Waals surface area contributed by atoms with Gasteiger partial charge < -0.3 is 10.1 Å². The molecule has 118 valence electrons. The Kier molecular flexibility index (Phi) is 7.35. The predicted molar refractivity (Wildman–Crippen MR) is 79.2 cm³/mol. The van der Waals surface area contributed by atoms with Gasteiger partial charge in [-0.2, -0.15) is 8.42 Å². The average molecular weight is 315 g/mol. The van der Waals surface area contributed by atoms with E-state index in [0.717, 1.165) is 11.8 Å². The van der Waals surface area contributed by atoms with Crippen LogP contribution in [0.25, 0.3) is 0 Å². The van der Waals surface area contributed by atoms with Crippen molar-refractivity contribution in [3.63, 3.8) is 0 Å². The molecule has 0 aliphatic rings. The number of carbonyl (C=O) groups excluding carboxylic acids is 1. The first-order valence-electron chi connectivity index (χ1n) is 6.72. The summed E-state index contributed by atoms with van der Waals surface area (Å²) in [7, 11) is -3.55. The van der Waals surface area contributed by atoms with Crippen molar-refractivity contribution in [3.05, 3.63) is 35.9 Å². The molecule has 0 fully saturated rings. The van der Waals surface area contributed by atoms with Crippen molar-refractivity contribution in [2.45, 2.75) is 19.4 Å². The summed E-state index contributed by atoms with van der Waals surface area (Å²) in [5.74, 6) is -0.335. The third-order valence-corrected chi connectivity index (χ3v) is 3.20. The van der Waals surface area contributed by atoms with Gasteiger partial charge in [0.2, 0.25) is 0 Å². The number of rotatable bonds is 9. The first-order chi connectivity index (χ1) is 9.92. The Bertz CT molecular complexity index is 530. The van der Waals surface area contributed by atoms with Gasteiger partial charge in [-0.25, -0.2) is 0 Å². The molecule has 0 aliphatic heterocycles. The zero-order chi connectivity index (χ0) is 15.7. The normalized spacial score (nSPS) is 12.9. The highest BCUT2D eigenvalue weighted by molar-refractivity contribution is 7.86. The highest BCUT2D eigenvalue weighted by Gasteiger charge is 2.17. The molecule has 21 heavy (non-hydrogen) atoms. The second kappa shape index (κ2) is 8.76. The summed E-state index contributed by atoms with van der Waals surface area (Å²) >= 11 is 0. The molecule has 1 aromatic rings. The Labute approximate surface area is 125 Å². The van der Waals surface area contributed by atoms with Crippen molar-refractivity contribution in [2.75, 3.05) is 26.0 Å². The molecule has 7 heteroatoms. The molecule has 0 aliphatic carbocycles. The lowest BCUT2D eigenvalue weighted by Gasteiger charge is -2.17. The predicted octanol–water partition coefficient (Wildman–Crippen LogP) is 1.25. The van der Waals surface area contributed by atoms with Crippen LogP contribution >= 0.6 is 0 Å². The quantitative estimate of drug-likeness (QED) is 0.419. The Hall–Kier alpha value is -1.44. The smallest absolute Gasteiger partial charge is 0.319 e. The van der Waals surface area contributed by atoms with E-state index in [2.05, 4.69) is 5.32 Å². The standard InChI is InChI=1S/C14H21NO5S/c1-3-19-14(16)11-15-10-9-13(20-21(2,17)18)12-7-5-4-6-8-12/h4-8,13,15H,3,9-11H2,1-2H3. The van der Waals surface area contributed by atoms with E-state index in [9.17, 15) is 13.2 Å². The fourth-order valence-electron chi connectivity index (χ4n) is 1.78. The molecular weight excluding hydrogens is 294 g/mol. The van der Waals surface area contributed by atoms with Crippen LogP contribution in [0.4, 0.5) is 0 Å². The Morgan fingerprint density at radius 2 is 1.95 bits per heavy atom. The molecular formula is C14H21NO5S. The molecule has 0 spiro atoms. The topological polar surface area (TPSA) is 81.7 Å². The lowest BCUT2D eigenvalue weighted by atomic mass is 10.1. The lowest BCUT2D eigenvalue weighted by molar-refractivity contribution is -0.142. The van der Waals surface area contributed by atoms with E-state index in [4.69, 9.17) is 8.92 Å². The fourth-order valence-corrected chi connectivity index (χ4v) is 2.41. The molecule has 6 nitrogen and oxygen atoms in total. The third-order valence-electron chi connectivity index (χ3n) is 2.62. The Morgan fingerprint density at radius 1 is 1.29 bits per heavy atom. The molecule has 0 aromatic heterocycles. The van der Waals surface area contributed by atoms with Crippen molar-refractivity contribution >= 4 is 16.1 Å². The molecule has 1 aromatic carbocycles. The highest BCUT2D eigenvalue weighted by Crippen LogP contribution is 2.22. The van der Waals surface area contributed by atoms with Crippen LogP contribution in [0.3, 0.4) is 0 Å². The minimum atomic E-state index is -3.55. The molecule has 0 saturated carbocycles. The number of hydrogen-bond acceptors (Lipinski definition) is 6. The van der Waals surface area contributed by atoms with Gasteiger partial charge >= 0.3 is 5.97 Å². The minimum absolute atomic E-state index is 0.0915. The summed E-state index contributed by atoms with van der Waals surface area (Å²) in [4.78, 5) is 11.2. The number of esters is 1. The second-order valence-corrected chi connectivity index (χ2v) is 6.07. The zero-order valence-corrected chi connectivity index (χ0v) is 13.1. The van der Waals surface area contributed by atoms with Gasteiger partial charge in [-0.3, -0.25) is 8.98 Å². The van der Waals surface area contributed by atoms with Crippen molar-refractivity contribution in [1.82, 2.24) is 5.32 Å². The Morgan fingerprint density at radius 3 is 2.52 bits per heavy atom. The summed E-state index contributed by atoms with van der Waals surface area (Å²) in [5.41, 5.74) is 0.779. The van der Waals surface area contributed by atoms with Gasteiger partial charge in [-0.15, -0.1) is 0 Å². The van der Waals surface area contributed by atoms with Gasteiger partial charge in [0.05, 0.1) is 19.4 Å². The van der Waals surface area contributed by atoms with E-state index < -0.39 is 16.2 Å². The maximum Gasteiger partial charge on any atom is 0.319 e. The van der Waals surface area contributed by atoms with Gasteiger partial charge in [0, 0.05) is 0 Å².